The highest BCUT2D eigenvalue weighted by atomic mass is 32.2. The van der Waals surface area contributed by atoms with Crippen LogP contribution < -0.4 is 10.1 Å². The Hall–Kier alpha value is -2.50. The molecule has 1 saturated heterocycles. The fourth-order valence-corrected chi connectivity index (χ4v) is 7.95. The molecule has 2 amide bonds. The maximum atomic E-state index is 13.7. The summed E-state index contributed by atoms with van der Waals surface area (Å²) in [5.41, 5.74) is 1.94. The minimum Gasteiger partial charge on any atom is -0.496 e. The van der Waals surface area contributed by atoms with Gasteiger partial charge < -0.3 is 15.0 Å². The van der Waals surface area contributed by atoms with Gasteiger partial charge in [-0.1, -0.05) is 32.1 Å². The molecular formula is C26H36N4O5S2. The quantitative estimate of drug-likeness (QED) is 0.536. The maximum Gasteiger partial charge on any atom is 0.248 e. The van der Waals surface area contributed by atoms with Gasteiger partial charge in [0.2, 0.25) is 21.8 Å². The average Bonchev–Trinajstić information content (AvgIpc) is 3.38. The van der Waals surface area contributed by atoms with Crippen molar-refractivity contribution in [2.75, 3.05) is 32.1 Å². The molecule has 0 spiro atoms. The number of carbonyl (C=O) groups is 2. The molecule has 9 nitrogen and oxygen atoms in total. The zero-order valence-corrected chi connectivity index (χ0v) is 23.6. The van der Waals surface area contributed by atoms with E-state index in [0.29, 0.717) is 34.3 Å². The van der Waals surface area contributed by atoms with Gasteiger partial charge in [-0.25, -0.2) is 13.4 Å². The molecule has 0 radical (unpaired) electrons. The first-order chi connectivity index (χ1) is 17.6. The molecule has 1 aromatic heterocycles. The lowest BCUT2D eigenvalue weighted by Gasteiger charge is -2.39. The number of aryl methyl sites for hydroxylation is 1. The van der Waals surface area contributed by atoms with E-state index in [4.69, 9.17) is 4.74 Å². The highest BCUT2D eigenvalue weighted by Gasteiger charge is 2.40. The molecule has 0 unspecified atom stereocenters. The van der Waals surface area contributed by atoms with Crippen LogP contribution in [0.2, 0.25) is 0 Å². The van der Waals surface area contributed by atoms with Crippen molar-refractivity contribution >= 4 is 38.3 Å². The molecular weight excluding hydrogens is 512 g/mol. The number of piperazine rings is 1. The molecule has 202 valence electrons. The van der Waals surface area contributed by atoms with Crippen LogP contribution in [0.4, 0.5) is 5.13 Å². The second-order valence-corrected chi connectivity index (χ2v) is 12.8. The number of amides is 2. The maximum absolute atomic E-state index is 13.7. The van der Waals surface area contributed by atoms with Crippen molar-refractivity contribution in [3.05, 3.63) is 34.3 Å². The number of anilines is 1. The van der Waals surface area contributed by atoms with Crippen LogP contribution >= 0.6 is 11.3 Å². The first-order valence-electron chi connectivity index (χ1n) is 12.8. The summed E-state index contributed by atoms with van der Waals surface area (Å²) in [6.45, 7) is 5.32. The summed E-state index contributed by atoms with van der Waals surface area (Å²) in [5.74, 6) is 0.377. The number of rotatable bonds is 8. The molecule has 1 aliphatic carbocycles. The number of sulfonamides is 1. The van der Waals surface area contributed by atoms with Crippen LogP contribution in [-0.2, 0) is 19.6 Å². The van der Waals surface area contributed by atoms with Gasteiger partial charge in [-0.2, -0.15) is 4.31 Å². The molecule has 2 aliphatic rings. The Morgan fingerprint density at radius 2 is 1.92 bits per heavy atom. The van der Waals surface area contributed by atoms with Gasteiger partial charge in [0, 0.05) is 24.7 Å². The highest BCUT2D eigenvalue weighted by Crippen LogP contribution is 2.34. The third-order valence-electron chi connectivity index (χ3n) is 7.64. The first kappa shape index (κ1) is 27.5. The zero-order valence-electron chi connectivity index (χ0n) is 22.0. The minimum absolute atomic E-state index is 0.129. The summed E-state index contributed by atoms with van der Waals surface area (Å²) in [5, 5.41) is 5.14. The molecule has 1 aliphatic heterocycles. The molecule has 4 rings (SSSR count). The van der Waals surface area contributed by atoms with E-state index < -0.39 is 16.1 Å². The number of thiazole rings is 1. The van der Waals surface area contributed by atoms with Crippen LogP contribution in [0.15, 0.2) is 22.5 Å². The van der Waals surface area contributed by atoms with Gasteiger partial charge in [-0.15, -0.1) is 11.3 Å². The third-order valence-corrected chi connectivity index (χ3v) is 10.5. The molecule has 37 heavy (non-hydrogen) atoms. The van der Waals surface area contributed by atoms with Crippen molar-refractivity contribution in [1.29, 1.82) is 0 Å². The Morgan fingerprint density at radius 1 is 1.19 bits per heavy atom. The van der Waals surface area contributed by atoms with Crippen molar-refractivity contribution < 1.29 is 22.7 Å². The van der Waals surface area contributed by atoms with Gasteiger partial charge >= 0.3 is 0 Å². The van der Waals surface area contributed by atoms with E-state index in [-0.39, 0.29) is 36.3 Å². The third kappa shape index (κ3) is 5.83. The summed E-state index contributed by atoms with van der Waals surface area (Å²) in [7, 11) is -2.36. The van der Waals surface area contributed by atoms with E-state index in [9.17, 15) is 18.0 Å². The number of ether oxygens (including phenoxy) is 1. The van der Waals surface area contributed by atoms with Crippen LogP contribution in [0.5, 0.6) is 5.75 Å². The van der Waals surface area contributed by atoms with E-state index in [2.05, 4.69) is 10.3 Å². The number of nitrogens with zero attached hydrogens (tertiary/aromatic N) is 3. The van der Waals surface area contributed by atoms with Crippen molar-refractivity contribution in [1.82, 2.24) is 14.2 Å². The van der Waals surface area contributed by atoms with E-state index in [0.717, 1.165) is 31.2 Å². The van der Waals surface area contributed by atoms with Gasteiger partial charge in [0.1, 0.15) is 11.8 Å². The monoisotopic (exact) mass is 548 g/mol. The van der Waals surface area contributed by atoms with Crippen molar-refractivity contribution in [2.45, 2.75) is 70.2 Å². The van der Waals surface area contributed by atoms with E-state index in [1.165, 1.54) is 22.1 Å². The van der Waals surface area contributed by atoms with Crippen LogP contribution in [-0.4, -0.2) is 67.2 Å². The number of aromatic nitrogens is 1. The molecule has 2 fully saturated rings. The predicted molar refractivity (Wildman–Crippen MR) is 143 cm³/mol. The largest absolute Gasteiger partial charge is 0.496 e. The lowest BCUT2D eigenvalue weighted by atomic mass is 9.84. The summed E-state index contributed by atoms with van der Waals surface area (Å²) in [6.07, 6.45) is 7.74. The van der Waals surface area contributed by atoms with Gasteiger partial charge in [-0.3, -0.25) is 9.59 Å². The molecule has 2 heterocycles. The number of nitrogens with one attached hydrogen (secondary N) is 1. The van der Waals surface area contributed by atoms with E-state index >= 15 is 0 Å². The SMILES string of the molecule is COc1cc(C)c(S(=O)(=O)N2CCN([C@@H](CC3CCCCC3)C(=O)Nc3nccs3)C(=O)C2)c(C)c1C. The Kier molecular flexibility index (Phi) is 8.55. The molecule has 1 saturated carbocycles. The Morgan fingerprint density at radius 3 is 2.54 bits per heavy atom. The summed E-state index contributed by atoms with van der Waals surface area (Å²) in [6, 6.07) is 1.06. The predicted octanol–water partition coefficient (Wildman–Crippen LogP) is 3.89. The number of carbonyl (C=O) groups excluding carboxylic acids is 2. The minimum atomic E-state index is -3.92. The topological polar surface area (TPSA) is 109 Å². The number of hydrogen-bond donors (Lipinski definition) is 1. The van der Waals surface area contributed by atoms with Gasteiger partial charge in [-0.05, 0) is 55.9 Å². The second kappa shape index (κ2) is 11.5. The average molecular weight is 549 g/mol. The molecule has 11 heteroatoms. The lowest BCUT2D eigenvalue weighted by molar-refractivity contribution is -0.142. The Balaban J connectivity index is 1.55. The molecule has 0 bridgehead atoms. The van der Waals surface area contributed by atoms with Crippen LogP contribution in [0.3, 0.4) is 0 Å². The molecule has 1 aromatic carbocycles. The van der Waals surface area contributed by atoms with E-state index in [1.54, 1.807) is 43.5 Å². The van der Waals surface area contributed by atoms with Gasteiger partial charge in [0.15, 0.2) is 5.13 Å². The highest BCUT2D eigenvalue weighted by molar-refractivity contribution is 7.89. The smallest absolute Gasteiger partial charge is 0.248 e. The number of hydrogen-bond acceptors (Lipinski definition) is 7. The number of benzene rings is 1. The van der Waals surface area contributed by atoms with Gasteiger partial charge in [0.05, 0.1) is 18.6 Å². The second-order valence-electron chi connectivity index (χ2n) is 9.98. The lowest BCUT2D eigenvalue weighted by Crippen LogP contribution is -2.58. The zero-order chi connectivity index (χ0) is 26.7. The van der Waals surface area contributed by atoms with Crippen molar-refractivity contribution in [3.63, 3.8) is 0 Å². The Labute approximate surface area is 223 Å². The summed E-state index contributed by atoms with van der Waals surface area (Å²) < 4.78 is 34.0. The molecule has 2 aromatic rings. The van der Waals surface area contributed by atoms with Crippen LogP contribution in [0.1, 0.15) is 55.2 Å². The van der Waals surface area contributed by atoms with Crippen molar-refractivity contribution in [2.24, 2.45) is 5.92 Å². The summed E-state index contributed by atoms with van der Waals surface area (Å²) in [4.78, 5) is 32.7. The fourth-order valence-electron chi connectivity index (χ4n) is 5.55. The number of methoxy groups -OCH3 is 1. The normalized spacial score (nSPS) is 18.6. The van der Waals surface area contributed by atoms with Crippen LogP contribution in [0.25, 0.3) is 0 Å². The molecule has 1 atom stereocenters. The van der Waals surface area contributed by atoms with Crippen molar-refractivity contribution in [3.8, 4) is 5.75 Å². The van der Waals surface area contributed by atoms with Gasteiger partial charge in [0.25, 0.3) is 0 Å². The fraction of sp³-hybridized carbons (Fsp3) is 0.577. The first-order valence-corrected chi connectivity index (χ1v) is 15.1. The Bertz CT molecular complexity index is 1240. The molecule has 1 N–H and O–H groups in total. The van der Waals surface area contributed by atoms with E-state index in [1.807, 2.05) is 6.92 Å². The van der Waals surface area contributed by atoms with Crippen LogP contribution in [0, 0.1) is 26.7 Å². The standard InChI is InChI=1S/C26H36N4O5S2/c1-17-14-22(35-4)18(2)19(3)24(17)37(33,34)29-11-12-30(23(31)16-29)21(15-20-8-6-5-7-9-20)25(32)28-26-27-10-13-36-26/h10,13-14,20-21H,5-9,11-12,15-16H2,1-4H3,(H,27,28,32)/t21-/m0/s1. The summed E-state index contributed by atoms with van der Waals surface area (Å²) >= 11 is 1.33.